The van der Waals surface area contributed by atoms with Crippen molar-refractivity contribution in [2.24, 2.45) is 0 Å². The average Bonchev–Trinajstić information content (AvgIpc) is 2.72. The lowest BCUT2D eigenvalue weighted by Crippen LogP contribution is -2.31. The Bertz CT molecular complexity index is 839. The van der Waals surface area contributed by atoms with Crippen molar-refractivity contribution in [3.63, 3.8) is 0 Å². The Hall–Kier alpha value is -3.28. The van der Waals surface area contributed by atoms with Gasteiger partial charge in [0.25, 0.3) is 5.91 Å². The number of rotatable bonds is 7. The number of amides is 1. The number of nitrogens with zero attached hydrogens (tertiary/aromatic N) is 4. The van der Waals surface area contributed by atoms with Gasteiger partial charge in [0.1, 0.15) is 17.8 Å². The fourth-order valence-corrected chi connectivity index (χ4v) is 2.55. The maximum Gasteiger partial charge on any atom is 0.272 e. The van der Waals surface area contributed by atoms with E-state index < -0.39 is 0 Å². The van der Waals surface area contributed by atoms with E-state index in [2.05, 4.69) is 20.3 Å². The van der Waals surface area contributed by atoms with E-state index in [1.807, 2.05) is 55.5 Å². The third kappa shape index (κ3) is 4.63. The summed E-state index contributed by atoms with van der Waals surface area (Å²) in [6.45, 7) is 3.65. The zero-order chi connectivity index (χ0) is 18.2. The summed E-state index contributed by atoms with van der Waals surface area (Å²) in [4.78, 5) is 27.2. The van der Waals surface area contributed by atoms with E-state index in [4.69, 9.17) is 0 Å². The zero-order valence-corrected chi connectivity index (χ0v) is 14.7. The molecule has 6 nitrogen and oxygen atoms in total. The second-order valence-corrected chi connectivity index (χ2v) is 5.77. The van der Waals surface area contributed by atoms with Gasteiger partial charge in [0.15, 0.2) is 0 Å². The molecule has 1 N–H and O–H groups in total. The first kappa shape index (κ1) is 17.5. The zero-order valence-electron chi connectivity index (χ0n) is 14.7. The lowest BCUT2D eigenvalue weighted by Gasteiger charge is -2.20. The molecule has 6 heteroatoms. The number of nitrogens with one attached hydrogen (secondary N) is 1. The van der Waals surface area contributed by atoms with Gasteiger partial charge in [0, 0.05) is 25.4 Å². The van der Waals surface area contributed by atoms with Crippen LogP contribution in [0.4, 0.5) is 5.82 Å². The second kappa shape index (κ2) is 8.71. The molecule has 0 aliphatic rings. The van der Waals surface area contributed by atoms with Gasteiger partial charge < -0.3 is 10.2 Å². The minimum absolute atomic E-state index is 0.111. The summed E-state index contributed by atoms with van der Waals surface area (Å²) < 4.78 is 0. The van der Waals surface area contributed by atoms with Gasteiger partial charge in [-0.15, -0.1) is 0 Å². The van der Waals surface area contributed by atoms with E-state index in [1.54, 1.807) is 17.2 Å². The summed E-state index contributed by atoms with van der Waals surface area (Å²) in [6, 6.07) is 17.3. The topological polar surface area (TPSA) is 71.0 Å². The van der Waals surface area contributed by atoms with Gasteiger partial charge in [-0.25, -0.2) is 9.97 Å². The third-order valence-corrected chi connectivity index (χ3v) is 3.95. The molecule has 0 aliphatic heterocycles. The Kier molecular flexibility index (Phi) is 5.88. The molecule has 0 fully saturated rings. The number of anilines is 1. The normalized spacial score (nSPS) is 10.3. The maximum absolute atomic E-state index is 12.8. The minimum Gasteiger partial charge on any atom is -0.364 e. The largest absolute Gasteiger partial charge is 0.364 e. The molecular formula is C20H21N5O. The Morgan fingerprint density at radius 3 is 2.58 bits per heavy atom. The van der Waals surface area contributed by atoms with Crippen molar-refractivity contribution in [3.8, 4) is 0 Å². The predicted octanol–water partition coefficient (Wildman–Crippen LogP) is 3.15. The van der Waals surface area contributed by atoms with Crippen LogP contribution < -0.4 is 5.32 Å². The molecule has 2 aromatic heterocycles. The first-order chi connectivity index (χ1) is 12.8. The highest BCUT2D eigenvalue weighted by Gasteiger charge is 2.16. The van der Waals surface area contributed by atoms with Crippen LogP contribution in [-0.4, -0.2) is 32.3 Å². The van der Waals surface area contributed by atoms with Crippen molar-refractivity contribution in [1.29, 1.82) is 0 Å². The van der Waals surface area contributed by atoms with Crippen LogP contribution in [0.1, 0.15) is 28.7 Å². The molecule has 132 valence electrons. The monoisotopic (exact) mass is 347 g/mol. The molecule has 3 aromatic rings. The quantitative estimate of drug-likeness (QED) is 0.711. The standard InChI is InChI=1S/C20H21N5O/c1-2-25(14-16-8-4-3-5-9-16)20(26)18-12-19(24-15-23-18)22-13-17-10-6-7-11-21-17/h3-12,15H,2,13-14H2,1H3,(H,22,23,24). The molecular weight excluding hydrogens is 326 g/mol. The Morgan fingerprint density at radius 1 is 1.04 bits per heavy atom. The van der Waals surface area contributed by atoms with E-state index in [0.29, 0.717) is 31.1 Å². The fraction of sp³-hybridized carbons (Fsp3) is 0.200. The van der Waals surface area contributed by atoms with Crippen LogP contribution >= 0.6 is 0 Å². The molecule has 0 aliphatic carbocycles. The highest BCUT2D eigenvalue weighted by Crippen LogP contribution is 2.11. The maximum atomic E-state index is 12.8. The molecule has 0 bridgehead atoms. The predicted molar refractivity (Wildman–Crippen MR) is 100 cm³/mol. The Balaban J connectivity index is 1.68. The first-order valence-corrected chi connectivity index (χ1v) is 8.55. The van der Waals surface area contributed by atoms with Crippen LogP contribution in [0.2, 0.25) is 0 Å². The summed E-state index contributed by atoms with van der Waals surface area (Å²) in [6.07, 6.45) is 3.15. The van der Waals surface area contributed by atoms with Crippen LogP contribution in [0.15, 0.2) is 67.1 Å². The summed E-state index contributed by atoms with van der Waals surface area (Å²) in [7, 11) is 0. The van der Waals surface area contributed by atoms with Gasteiger partial charge in [-0.2, -0.15) is 0 Å². The molecule has 0 radical (unpaired) electrons. The van der Waals surface area contributed by atoms with E-state index in [1.165, 1.54) is 6.33 Å². The molecule has 0 saturated carbocycles. The summed E-state index contributed by atoms with van der Waals surface area (Å²) in [5.74, 6) is 0.490. The second-order valence-electron chi connectivity index (χ2n) is 5.77. The molecule has 1 amide bonds. The van der Waals surface area contributed by atoms with Crippen LogP contribution in [0.5, 0.6) is 0 Å². The minimum atomic E-state index is -0.111. The van der Waals surface area contributed by atoms with Crippen LogP contribution in [-0.2, 0) is 13.1 Å². The lowest BCUT2D eigenvalue weighted by molar-refractivity contribution is 0.0746. The van der Waals surface area contributed by atoms with Crippen molar-refractivity contribution in [3.05, 3.63) is 84.1 Å². The highest BCUT2D eigenvalue weighted by molar-refractivity contribution is 5.92. The van der Waals surface area contributed by atoms with Gasteiger partial charge in [-0.05, 0) is 24.6 Å². The molecule has 26 heavy (non-hydrogen) atoms. The fourth-order valence-electron chi connectivity index (χ4n) is 2.55. The van der Waals surface area contributed by atoms with Crippen LogP contribution in [0.25, 0.3) is 0 Å². The SMILES string of the molecule is CCN(Cc1ccccc1)C(=O)c1cc(NCc2ccccn2)ncn1. The highest BCUT2D eigenvalue weighted by atomic mass is 16.2. The van der Waals surface area contributed by atoms with E-state index in [9.17, 15) is 4.79 Å². The first-order valence-electron chi connectivity index (χ1n) is 8.55. The number of carbonyl (C=O) groups is 1. The number of benzene rings is 1. The van der Waals surface area contributed by atoms with Gasteiger partial charge in [0.2, 0.25) is 0 Å². The number of pyridine rings is 1. The Labute approximate surface area is 153 Å². The number of carbonyl (C=O) groups excluding carboxylic acids is 1. The van der Waals surface area contributed by atoms with Crippen molar-refractivity contribution in [2.75, 3.05) is 11.9 Å². The number of aromatic nitrogens is 3. The molecule has 3 rings (SSSR count). The Morgan fingerprint density at radius 2 is 1.85 bits per heavy atom. The third-order valence-electron chi connectivity index (χ3n) is 3.95. The van der Waals surface area contributed by atoms with Gasteiger partial charge >= 0.3 is 0 Å². The van der Waals surface area contributed by atoms with Crippen LogP contribution in [0.3, 0.4) is 0 Å². The van der Waals surface area contributed by atoms with Crippen molar-refractivity contribution >= 4 is 11.7 Å². The average molecular weight is 347 g/mol. The molecule has 2 heterocycles. The van der Waals surface area contributed by atoms with Gasteiger partial charge in [-0.3, -0.25) is 9.78 Å². The van der Waals surface area contributed by atoms with Crippen molar-refractivity contribution in [2.45, 2.75) is 20.0 Å². The smallest absolute Gasteiger partial charge is 0.272 e. The molecule has 0 spiro atoms. The van der Waals surface area contributed by atoms with Crippen molar-refractivity contribution < 1.29 is 4.79 Å². The molecule has 0 unspecified atom stereocenters. The summed E-state index contributed by atoms with van der Waals surface area (Å²) in [5.41, 5.74) is 2.37. The summed E-state index contributed by atoms with van der Waals surface area (Å²) >= 11 is 0. The molecule has 1 aromatic carbocycles. The lowest BCUT2D eigenvalue weighted by atomic mass is 10.2. The van der Waals surface area contributed by atoms with E-state index in [-0.39, 0.29) is 5.91 Å². The van der Waals surface area contributed by atoms with E-state index in [0.717, 1.165) is 11.3 Å². The molecule has 0 atom stereocenters. The van der Waals surface area contributed by atoms with Gasteiger partial charge in [-0.1, -0.05) is 36.4 Å². The van der Waals surface area contributed by atoms with Crippen LogP contribution in [0, 0.1) is 0 Å². The van der Waals surface area contributed by atoms with E-state index >= 15 is 0 Å². The number of hydrogen-bond acceptors (Lipinski definition) is 5. The number of hydrogen-bond donors (Lipinski definition) is 1. The summed E-state index contributed by atoms with van der Waals surface area (Å²) in [5, 5.41) is 3.18. The van der Waals surface area contributed by atoms with Gasteiger partial charge in [0.05, 0.1) is 12.2 Å². The van der Waals surface area contributed by atoms with Crippen molar-refractivity contribution in [1.82, 2.24) is 19.9 Å². The molecule has 0 saturated heterocycles.